The van der Waals surface area contributed by atoms with Crippen LogP contribution in [0.4, 0.5) is 0 Å². The summed E-state index contributed by atoms with van der Waals surface area (Å²) in [6.07, 6.45) is 3.75. The molecule has 1 unspecified atom stereocenters. The second-order valence-corrected chi connectivity index (χ2v) is 3.11. The molecule has 1 heterocycles. The number of likely N-dealkylation sites (N-methyl/N-ethyl adjacent to an activating group) is 1. The molecule has 0 radical (unpaired) electrons. The number of nitrogens with two attached hydrogens (primary N) is 1. The summed E-state index contributed by atoms with van der Waals surface area (Å²) in [5.74, 6) is 0.700. The van der Waals surface area contributed by atoms with E-state index in [0.29, 0.717) is 12.0 Å². The Kier molecular flexibility index (Phi) is 2.74. The van der Waals surface area contributed by atoms with E-state index in [9.17, 15) is 0 Å². The number of hydrogen-bond acceptors (Lipinski definition) is 3. The van der Waals surface area contributed by atoms with E-state index in [-0.39, 0.29) is 0 Å². The zero-order valence-corrected chi connectivity index (χ0v) is 7.38. The fourth-order valence-corrected chi connectivity index (χ4v) is 1.34. The van der Waals surface area contributed by atoms with Gasteiger partial charge in [0.25, 0.3) is 0 Å². The molecule has 3 nitrogen and oxygen atoms in total. The molecule has 0 amide bonds. The van der Waals surface area contributed by atoms with Crippen molar-refractivity contribution in [3.8, 4) is 0 Å². The highest BCUT2D eigenvalue weighted by atomic mass is 15.3. The summed E-state index contributed by atoms with van der Waals surface area (Å²) in [5, 5.41) is 0. The Morgan fingerprint density at radius 3 is 2.91 bits per heavy atom. The minimum absolute atomic E-state index is 0.565. The molecule has 0 saturated heterocycles. The van der Waals surface area contributed by atoms with E-state index in [1.54, 1.807) is 0 Å². The van der Waals surface area contributed by atoms with E-state index in [2.05, 4.69) is 16.8 Å². The second kappa shape index (κ2) is 3.60. The van der Waals surface area contributed by atoms with Gasteiger partial charge >= 0.3 is 0 Å². The van der Waals surface area contributed by atoms with E-state index in [1.807, 2.05) is 7.05 Å². The molecular weight excluding hydrogens is 138 g/mol. The lowest BCUT2D eigenvalue weighted by molar-refractivity contribution is 0.370. The molecule has 1 rings (SSSR count). The van der Waals surface area contributed by atoms with Gasteiger partial charge in [-0.05, 0) is 6.42 Å². The quantitative estimate of drug-likeness (QED) is 0.655. The molecule has 1 aliphatic rings. The zero-order valence-electron chi connectivity index (χ0n) is 7.38. The maximum Gasteiger partial charge on any atom is 0.191 e. The van der Waals surface area contributed by atoms with Gasteiger partial charge in [-0.3, -0.25) is 4.99 Å². The zero-order chi connectivity index (χ0) is 8.27. The molecule has 0 aliphatic carbocycles. The minimum atomic E-state index is 0.565. The van der Waals surface area contributed by atoms with Crippen LogP contribution in [-0.4, -0.2) is 30.5 Å². The first-order valence-corrected chi connectivity index (χ1v) is 4.28. The third-order valence-corrected chi connectivity index (χ3v) is 2.26. The van der Waals surface area contributed by atoms with Gasteiger partial charge in [0.2, 0.25) is 0 Å². The largest absolute Gasteiger partial charge is 0.370 e. The third-order valence-electron chi connectivity index (χ3n) is 2.26. The molecular formula is C8H17N3. The van der Waals surface area contributed by atoms with Crippen molar-refractivity contribution in [3.63, 3.8) is 0 Å². The molecule has 64 valence electrons. The third kappa shape index (κ3) is 1.85. The van der Waals surface area contributed by atoms with Crippen LogP contribution in [0.5, 0.6) is 0 Å². The van der Waals surface area contributed by atoms with Crippen LogP contribution >= 0.6 is 0 Å². The number of unbranched alkanes of at least 4 members (excludes halogenated alkanes) is 1. The van der Waals surface area contributed by atoms with Crippen molar-refractivity contribution in [2.75, 3.05) is 13.6 Å². The van der Waals surface area contributed by atoms with Crippen LogP contribution in [0, 0.1) is 0 Å². The van der Waals surface area contributed by atoms with Gasteiger partial charge in [-0.25, -0.2) is 0 Å². The molecule has 0 fully saturated rings. The molecule has 2 N–H and O–H groups in total. The lowest BCUT2D eigenvalue weighted by Gasteiger charge is -2.20. The molecule has 0 bridgehead atoms. The Bertz CT molecular complexity index is 153. The summed E-state index contributed by atoms with van der Waals surface area (Å²) in [4.78, 5) is 6.25. The summed E-state index contributed by atoms with van der Waals surface area (Å²) in [6, 6.07) is 0.565. The predicted octanol–water partition coefficient (Wildman–Crippen LogP) is 0.805. The summed E-state index contributed by atoms with van der Waals surface area (Å²) in [5.41, 5.74) is 5.62. The average Bonchev–Trinajstić information content (AvgIpc) is 2.31. The Morgan fingerprint density at radius 2 is 2.45 bits per heavy atom. The van der Waals surface area contributed by atoms with Crippen molar-refractivity contribution in [2.24, 2.45) is 10.7 Å². The summed E-state index contributed by atoms with van der Waals surface area (Å²) in [6.45, 7) is 3.10. The smallest absolute Gasteiger partial charge is 0.191 e. The lowest BCUT2D eigenvalue weighted by Crippen LogP contribution is -2.37. The molecule has 3 heteroatoms. The van der Waals surface area contributed by atoms with Crippen LogP contribution in [0.25, 0.3) is 0 Å². The maximum absolute atomic E-state index is 5.62. The fourth-order valence-electron chi connectivity index (χ4n) is 1.34. The highest BCUT2D eigenvalue weighted by Crippen LogP contribution is 2.11. The van der Waals surface area contributed by atoms with Gasteiger partial charge in [0.1, 0.15) is 0 Å². The molecule has 0 aromatic carbocycles. The van der Waals surface area contributed by atoms with E-state index in [1.165, 1.54) is 19.3 Å². The molecule has 0 spiro atoms. The van der Waals surface area contributed by atoms with Crippen LogP contribution in [0.1, 0.15) is 26.2 Å². The first-order chi connectivity index (χ1) is 5.25. The fraction of sp³-hybridized carbons (Fsp3) is 0.875. The highest BCUT2D eigenvalue weighted by molar-refractivity contribution is 5.79. The standard InChI is InChI=1S/C8H17N3/c1-3-4-5-7-6-10-8(9)11(7)2/h7H,3-6H2,1-2H3,(H2,9,10). The van der Waals surface area contributed by atoms with E-state index < -0.39 is 0 Å². The number of nitrogens with zero attached hydrogens (tertiary/aromatic N) is 2. The number of rotatable bonds is 3. The van der Waals surface area contributed by atoms with Crippen LogP contribution in [0.2, 0.25) is 0 Å². The molecule has 0 aromatic rings. The Labute approximate surface area is 68.3 Å². The van der Waals surface area contributed by atoms with Crippen molar-refractivity contribution in [1.82, 2.24) is 4.90 Å². The number of hydrogen-bond donors (Lipinski definition) is 1. The molecule has 0 saturated carbocycles. The summed E-state index contributed by atoms with van der Waals surface area (Å²) < 4.78 is 0. The Morgan fingerprint density at radius 1 is 1.73 bits per heavy atom. The first-order valence-electron chi connectivity index (χ1n) is 4.28. The summed E-state index contributed by atoms with van der Waals surface area (Å²) in [7, 11) is 2.02. The van der Waals surface area contributed by atoms with Crippen molar-refractivity contribution >= 4 is 5.96 Å². The average molecular weight is 155 g/mol. The topological polar surface area (TPSA) is 41.6 Å². The molecule has 1 atom stereocenters. The molecule has 0 aromatic heterocycles. The van der Waals surface area contributed by atoms with Gasteiger partial charge < -0.3 is 10.6 Å². The summed E-state index contributed by atoms with van der Waals surface area (Å²) >= 11 is 0. The van der Waals surface area contributed by atoms with Gasteiger partial charge in [-0.1, -0.05) is 19.8 Å². The Hall–Kier alpha value is -0.730. The van der Waals surface area contributed by atoms with Gasteiger partial charge in [-0.2, -0.15) is 0 Å². The normalized spacial score (nSPS) is 24.0. The Balaban J connectivity index is 2.29. The minimum Gasteiger partial charge on any atom is -0.370 e. The van der Waals surface area contributed by atoms with Crippen LogP contribution in [-0.2, 0) is 0 Å². The number of aliphatic imine (C=N–C) groups is 1. The maximum atomic E-state index is 5.62. The van der Waals surface area contributed by atoms with Crippen molar-refractivity contribution in [2.45, 2.75) is 32.2 Å². The van der Waals surface area contributed by atoms with E-state index >= 15 is 0 Å². The van der Waals surface area contributed by atoms with Gasteiger partial charge in [-0.15, -0.1) is 0 Å². The van der Waals surface area contributed by atoms with E-state index in [4.69, 9.17) is 5.73 Å². The van der Waals surface area contributed by atoms with Crippen molar-refractivity contribution in [3.05, 3.63) is 0 Å². The predicted molar refractivity (Wildman–Crippen MR) is 47.6 cm³/mol. The van der Waals surface area contributed by atoms with Crippen molar-refractivity contribution < 1.29 is 0 Å². The van der Waals surface area contributed by atoms with Crippen LogP contribution in [0.15, 0.2) is 4.99 Å². The van der Waals surface area contributed by atoms with E-state index in [0.717, 1.165) is 6.54 Å². The van der Waals surface area contributed by atoms with Crippen LogP contribution < -0.4 is 5.73 Å². The monoisotopic (exact) mass is 155 g/mol. The second-order valence-electron chi connectivity index (χ2n) is 3.11. The van der Waals surface area contributed by atoms with Gasteiger partial charge in [0.15, 0.2) is 5.96 Å². The molecule has 1 aliphatic heterocycles. The van der Waals surface area contributed by atoms with Gasteiger partial charge in [0.05, 0.1) is 12.6 Å². The number of guanidine groups is 1. The first kappa shape index (κ1) is 8.37. The lowest BCUT2D eigenvalue weighted by atomic mass is 10.1. The molecule has 11 heavy (non-hydrogen) atoms. The SMILES string of the molecule is CCCCC1CN=C(N)N1C. The van der Waals surface area contributed by atoms with Gasteiger partial charge in [0, 0.05) is 7.05 Å². The van der Waals surface area contributed by atoms with Crippen LogP contribution in [0.3, 0.4) is 0 Å². The highest BCUT2D eigenvalue weighted by Gasteiger charge is 2.20. The van der Waals surface area contributed by atoms with Crippen molar-refractivity contribution in [1.29, 1.82) is 0 Å².